The van der Waals surface area contributed by atoms with Gasteiger partial charge >= 0.3 is 5.76 Å². The number of aryl methyl sites for hydroxylation is 1. The first kappa shape index (κ1) is 27.3. The van der Waals surface area contributed by atoms with Gasteiger partial charge in [-0.3, -0.25) is 14.5 Å². The fourth-order valence-electron chi connectivity index (χ4n) is 5.83. The van der Waals surface area contributed by atoms with Crippen LogP contribution in [0, 0.1) is 17.7 Å². The fourth-order valence-corrected chi connectivity index (χ4v) is 6.00. The lowest BCUT2D eigenvalue weighted by molar-refractivity contribution is 0.216. The maximum absolute atomic E-state index is 16.9. The molecule has 1 unspecified atom stereocenters. The zero-order valence-corrected chi connectivity index (χ0v) is 23.5. The van der Waals surface area contributed by atoms with Crippen molar-refractivity contribution in [2.75, 3.05) is 0 Å². The number of aromatic amines is 1. The van der Waals surface area contributed by atoms with E-state index in [1.807, 2.05) is 4.57 Å². The number of pyridine rings is 2. The van der Waals surface area contributed by atoms with Crippen molar-refractivity contribution in [1.82, 2.24) is 29.7 Å². The third-order valence-corrected chi connectivity index (χ3v) is 8.29. The molecule has 41 heavy (non-hydrogen) atoms. The van der Waals surface area contributed by atoms with E-state index in [9.17, 15) is 9.18 Å². The van der Waals surface area contributed by atoms with E-state index in [0.717, 1.165) is 19.3 Å². The first-order valence-corrected chi connectivity index (χ1v) is 14.1. The summed E-state index contributed by atoms with van der Waals surface area (Å²) < 4.78 is 38.4. The molecule has 0 amide bonds. The molecule has 0 aliphatic heterocycles. The number of hydrogen-bond acceptors (Lipinski definition) is 6. The Hall–Kier alpha value is -3.92. The summed E-state index contributed by atoms with van der Waals surface area (Å²) in [4.78, 5) is 28.0. The topological polar surface area (TPSA) is 102 Å². The number of hydrogen-bond donors (Lipinski definition) is 1. The molecule has 11 heteroatoms. The highest BCUT2D eigenvalue weighted by molar-refractivity contribution is 6.30. The second kappa shape index (κ2) is 10.8. The molecular formula is C30H29ClF2N6O2. The Morgan fingerprint density at radius 3 is 2.63 bits per heavy atom. The van der Waals surface area contributed by atoms with Gasteiger partial charge in [-0.25, -0.2) is 23.5 Å². The molecule has 5 aromatic rings. The number of fused-ring (bicyclic) bond motifs is 1. The summed E-state index contributed by atoms with van der Waals surface area (Å²) in [6.07, 6.45) is 8.46. The summed E-state index contributed by atoms with van der Waals surface area (Å²) in [6.45, 7) is 4.06. The van der Waals surface area contributed by atoms with E-state index < -0.39 is 17.2 Å². The van der Waals surface area contributed by atoms with E-state index in [1.54, 1.807) is 24.4 Å². The summed E-state index contributed by atoms with van der Waals surface area (Å²) in [6, 6.07) is 9.14. The van der Waals surface area contributed by atoms with Gasteiger partial charge in [0.15, 0.2) is 11.5 Å². The quantitative estimate of drug-likeness (QED) is 0.221. The van der Waals surface area contributed by atoms with Gasteiger partial charge in [0, 0.05) is 30.1 Å². The van der Waals surface area contributed by atoms with Gasteiger partial charge in [-0.2, -0.15) is 0 Å². The number of nitrogens with zero attached hydrogens (tertiary/aromatic N) is 5. The van der Waals surface area contributed by atoms with Gasteiger partial charge in [-0.15, -0.1) is 0 Å². The highest BCUT2D eigenvalue weighted by Gasteiger charge is 2.38. The molecule has 1 atom stereocenters. The lowest BCUT2D eigenvalue weighted by Gasteiger charge is -2.27. The lowest BCUT2D eigenvalue weighted by atomic mass is 9.81. The monoisotopic (exact) mass is 578 g/mol. The van der Waals surface area contributed by atoms with Crippen molar-refractivity contribution in [2.45, 2.75) is 58.2 Å². The van der Waals surface area contributed by atoms with Gasteiger partial charge in [0.25, 0.3) is 0 Å². The Bertz CT molecular complexity index is 1770. The Balaban J connectivity index is 1.58. The SMILES string of the molecule is CC1CCC(CCn2c(C(C)(F)c3ccccc3F)nc3cc(-c4noc(=O)[nH]4)nc(-c4cncc(Cl)c4)c32)CC1. The summed E-state index contributed by atoms with van der Waals surface area (Å²) in [5, 5.41) is 4.17. The number of rotatable bonds is 7. The maximum Gasteiger partial charge on any atom is 0.439 e. The van der Waals surface area contributed by atoms with Crippen LogP contribution in [0.25, 0.3) is 33.8 Å². The predicted octanol–water partition coefficient (Wildman–Crippen LogP) is 7.08. The molecule has 1 aliphatic carbocycles. The highest BCUT2D eigenvalue weighted by atomic mass is 35.5. The zero-order valence-electron chi connectivity index (χ0n) is 22.7. The molecule has 6 rings (SSSR count). The molecule has 4 aromatic heterocycles. The van der Waals surface area contributed by atoms with Crippen molar-refractivity contribution in [3.05, 3.63) is 81.6 Å². The van der Waals surface area contributed by atoms with Crippen LogP contribution in [-0.2, 0) is 12.2 Å². The van der Waals surface area contributed by atoms with Crippen LogP contribution in [0.1, 0.15) is 57.3 Å². The number of benzene rings is 1. The van der Waals surface area contributed by atoms with Crippen LogP contribution in [0.2, 0.25) is 5.02 Å². The first-order valence-electron chi connectivity index (χ1n) is 13.7. The van der Waals surface area contributed by atoms with E-state index in [4.69, 9.17) is 26.1 Å². The van der Waals surface area contributed by atoms with Gasteiger partial charge in [0.05, 0.1) is 21.7 Å². The minimum absolute atomic E-state index is 0.0608. The van der Waals surface area contributed by atoms with Crippen molar-refractivity contribution in [1.29, 1.82) is 0 Å². The number of halogens is 3. The Morgan fingerprint density at radius 2 is 1.93 bits per heavy atom. The van der Waals surface area contributed by atoms with Crippen molar-refractivity contribution in [2.24, 2.45) is 11.8 Å². The van der Waals surface area contributed by atoms with Gasteiger partial charge in [0.2, 0.25) is 5.82 Å². The normalized spacial score (nSPS) is 19.0. The Labute approximate surface area is 239 Å². The second-order valence-corrected chi connectivity index (χ2v) is 11.5. The van der Waals surface area contributed by atoms with Crippen molar-refractivity contribution < 1.29 is 13.3 Å². The first-order chi connectivity index (χ1) is 19.7. The maximum atomic E-state index is 16.9. The molecule has 8 nitrogen and oxygen atoms in total. The standard InChI is InChI=1S/C30H29ClF2N6O2/c1-17-7-9-18(10-8-17)11-12-39-26-23(36-28(39)30(2,33)21-5-3-4-6-22(21)32)14-24(27-37-29(40)41-38-27)35-25(26)19-13-20(31)16-34-15-19/h3-6,13-18H,7-12H2,1-2H3,(H,37,38,40). The lowest BCUT2D eigenvalue weighted by Crippen LogP contribution is -2.25. The van der Waals surface area contributed by atoms with Crippen LogP contribution >= 0.6 is 11.6 Å². The molecule has 0 spiro atoms. The van der Waals surface area contributed by atoms with Gasteiger partial charge in [-0.05, 0) is 43.4 Å². The number of imidazole rings is 1. The zero-order chi connectivity index (χ0) is 28.7. The van der Waals surface area contributed by atoms with Crippen LogP contribution in [0.4, 0.5) is 8.78 Å². The Morgan fingerprint density at radius 1 is 1.15 bits per heavy atom. The molecule has 0 saturated heterocycles. The van der Waals surface area contributed by atoms with Crippen molar-refractivity contribution in [3.63, 3.8) is 0 Å². The molecule has 0 radical (unpaired) electrons. The van der Waals surface area contributed by atoms with Crippen LogP contribution in [-0.4, -0.2) is 29.7 Å². The van der Waals surface area contributed by atoms with Gasteiger partial charge in [-0.1, -0.05) is 67.6 Å². The minimum Gasteiger partial charge on any atom is -0.323 e. The van der Waals surface area contributed by atoms with Crippen LogP contribution < -0.4 is 5.76 Å². The molecule has 212 valence electrons. The van der Waals surface area contributed by atoms with E-state index >= 15 is 4.39 Å². The fraction of sp³-hybridized carbons (Fsp3) is 0.367. The minimum atomic E-state index is -2.27. The van der Waals surface area contributed by atoms with E-state index in [1.165, 1.54) is 44.2 Å². The average molecular weight is 579 g/mol. The highest BCUT2D eigenvalue weighted by Crippen LogP contribution is 2.40. The molecule has 1 saturated carbocycles. The van der Waals surface area contributed by atoms with Crippen LogP contribution in [0.5, 0.6) is 0 Å². The van der Waals surface area contributed by atoms with Crippen LogP contribution in [0.3, 0.4) is 0 Å². The number of aromatic nitrogens is 6. The number of H-pyrrole nitrogens is 1. The van der Waals surface area contributed by atoms with E-state index in [0.29, 0.717) is 45.7 Å². The smallest absolute Gasteiger partial charge is 0.323 e. The summed E-state index contributed by atoms with van der Waals surface area (Å²) in [5.74, 6) is -0.0474. The largest absolute Gasteiger partial charge is 0.439 e. The molecule has 1 aliphatic rings. The molecular weight excluding hydrogens is 550 g/mol. The predicted molar refractivity (Wildman–Crippen MR) is 152 cm³/mol. The van der Waals surface area contributed by atoms with Crippen molar-refractivity contribution >= 4 is 22.6 Å². The van der Waals surface area contributed by atoms with Crippen molar-refractivity contribution in [3.8, 4) is 22.8 Å². The number of nitrogens with one attached hydrogen (secondary N) is 1. The molecule has 4 heterocycles. The van der Waals surface area contributed by atoms with E-state index in [-0.39, 0.29) is 22.9 Å². The van der Waals surface area contributed by atoms with Gasteiger partial charge < -0.3 is 4.57 Å². The molecule has 1 fully saturated rings. The average Bonchev–Trinajstić information content (AvgIpc) is 3.56. The van der Waals surface area contributed by atoms with Crippen LogP contribution in [0.15, 0.2) is 58.1 Å². The molecule has 1 aromatic carbocycles. The summed E-state index contributed by atoms with van der Waals surface area (Å²) in [7, 11) is 0. The second-order valence-electron chi connectivity index (χ2n) is 11.0. The molecule has 0 bridgehead atoms. The molecule has 1 N–H and O–H groups in total. The number of alkyl halides is 1. The van der Waals surface area contributed by atoms with E-state index in [2.05, 4.69) is 22.0 Å². The summed E-state index contributed by atoms with van der Waals surface area (Å²) >= 11 is 6.31. The third kappa shape index (κ3) is 5.28. The van der Waals surface area contributed by atoms with Gasteiger partial charge in [0.1, 0.15) is 11.5 Å². The Kier molecular flexibility index (Phi) is 7.19. The summed E-state index contributed by atoms with van der Waals surface area (Å²) in [5.41, 5.74) is -0.148. The third-order valence-electron chi connectivity index (χ3n) is 8.08.